The Kier molecular flexibility index (Phi) is 4.26. The lowest BCUT2D eigenvalue weighted by Gasteiger charge is -2.16. The first-order chi connectivity index (χ1) is 13.0. The van der Waals surface area contributed by atoms with E-state index in [0.29, 0.717) is 22.2 Å². The van der Waals surface area contributed by atoms with Gasteiger partial charge in [0.2, 0.25) is 0 Å². The molecule has 27 heavy (non-hydrogen) atoms. The Bertz CT molecular complexity index is 1100. The third kappa shape index (κ3) is 2.91. The van der Waals surface area contributed by atoms with E-state index in [0.717, 1.165) is 18.4 Å². The summed E-state index contributed by atoms with van der Waals surface area (Å²) in [7, 11) is 0. The number of esters is 1. The van der Waals surface area contributed by atoms with E-state index < -0.39 is 17.3 Å². The minimum Gasteiger partial charge on any atom is -0.462 e. The van der Waals surface area contributed by atoms with Crippen molar-refractivity contribution in [3.63, 3.8) is 0 Å². The highest BCUT2D eigenvalue weighted by atomic mass is 19.1. The van der Waals surface area contributed by atoms with Crippen LogP contribution in [-0.2, 0) is 4.74 Å². The molecule has 5 nitrogen and oxygen atoms in total. The van der Waals surface area contributed by atoms with Crippen LogP contribution in [0.25, 0.3) is 16.6 Å². The molecule has 6 heteroatoms. The maximum Gasteiger partial charge on any atom is 0.343 e. The Hall–Kier alpha value is -3.02. The van der Waals surface area contributed by atoms with Crippen LogP contribution in [0.2, 0.25) is 0 Å². The molecule has 1 aliphatic carbocycles. The number of ether oxygens (including phenoxy) is 1. The standard InChI is InChI=1S/C21H19FN2O3/c1-3-27-21(26)16-10-15(13-4-5-13)19-12(2)18(14-6-8-23-9-7-14)17(22)11-24(19)20(16)25/h6-11,13H,3-5H2,1-2H3. The SMILES string of the molecule is CCOC(=O)c1cc(C2CC2)c2c(C)c(-c3ccncc3)c(F)cn2c1=O. The van der Waals surface area contributed by atoms with E-state index in [9.17, 15) is 14.0 Å². The number of pyridine rings is 3. The Balaban J connectivity index is 2.06. The molecule has 1 fully saturated rings. The van der Waals surface area contributed by atoms with Gasteiger partial charge in [0.15, 0.2) is 0 Å². The van der Waals surface area contributed by atoms with E-state index in [4.69, 9.17) is 4.74 Å². The molecule has 0 unspecified atom stereocenters. The van der Waals surface area contributed by atoms with Crippen molar-refractivity contribution in [2.24, 2.45) is 0 Å². The van der Waals surface area contributed by atoms with Gasteiger partial charge in [-0.2, -0.15) is 0 Å². The van der Waals surface area contributed by atoms with Crippen LogP contribution < -0.4 is 5.56 Å². The number of carbonyl (C=O) groups excluding carboxylic acids is 1. The second kappa shape index (κ2) is 6.61. The van der Waals surface area contributed by atoms with Crippen molar-refractivity contribution in [2.75, 3.05) is 6.61 Å². The molecule has 0 amide bonds. The number of nitrogens with zero attached hydrogens (tertiary/aromatic N) is 2. The second-order valence-electron chi connectivity index (χ2n) is 6.74. The number of halogens is 1. The number of aryl methyl sites for hydroxylation is 1. The summed E-state index contributed by atoms with van der Waals surface area (Å²) in [6.07, 6.45) is 6.36. The van der Waals surface area contributed by atoms with Gasteiger partial charge in [-0.25, -0.2) is 9.18 Å². The summed E-state index contributed by atoms with van der Waals surface area (Å²) in [4.78, 5) is 29.1. The Morgan fingerprint density at radius 1 is 1.33 bits per heavy atom. The maximum absolute atomic E-state index is 15.0. The summed E-state index contributed by atoms with van der Waals surface area (Å²) in [6, 6.07) is 5.11. The highest BCUT2D eigenvalue weighted by Gasteiger charge is 2.30. The van der Waals surface area contributed by atoms with Crippen LogP contribution in [0.4, 0.5) is 4.39 Å². The molecule has 0 radical (unpaired) electrons. The number of rotatable bonds is 4. The molecule has 0 bridgehead atoms. The maximum atomic E-state index is 15.0. The molecule has 0 atom stereocenters. The van der Waals surface area contributed by atoms with E-state index in [1.807, 2.05) is 6.92 Å². The van der Waals surface area contributed by atoms with Crippen LogP contribution in [-0.4, -0.2) is 22.0 Å². The minimum atomic E-state index is -0.671. The zero-order valence-corrected chi connectivity index (χ0v) is 15.2. The third-order valence-corrected chi connectivity index (χ3v) is 4.96. The molecule has 1 aliphatic rings. The van der Waals surface area contributed by atoms with Gasteiger partial charge in [-0.1, -0.05) is 0 Å². The van der Waals surface area contributed by atoms with Crippen molar-refractivity contribution < 1.29 is 13.9 Å². The van der Waals surface area contributed by atoms with E-state index >= 15 is 0 Å². The molecule has 0 aliphatic heterocycles. The normalized spacial score (nSPS) is 13.7. The van der Waals surface area contributed by atoms with E-state index in [1.165, 1.54) is 10.6 Å². The van der Waals surface area contributed by atoms with Gasteiger partial charge in [0.1, 0.15) is 11.4 Å². The fraction of sp³-hybridized carbons (Fsp3) is 0.286. The summed E-state index contributed by atoms with van der Waals surface area (Å²) in [5, 5.41) is 0. The summed E-state index contributed by atoms with van der Waals surface area (Å²) < 4.78 is 21.3. The molecule has 0 N–H and O–H groups in total. The lowest BCUT2D eigenvalue weighted by atomic mass is 9.96. The van der Waals surface area contributed by atoms with Crippen molar-refractivity contribution in [3.8, 4) is 11.1 Å². The van der Waals surface area contributed by atoms with Crippen molar-refractivity contribution in [1.29, 1.82) is 0 Å². The summed E-state index contributed by atoms with van der Waals surface area (Å²) in [5.74, 6) is -0.922. The number of hydrogen-bond acceptors (Lipinski definition) is 4. The van der Waals surface area contributed by atoms with Gasteiger partial charge in [0, 0.05) is 24.2 Å². The van der Waals surface area contributed by atoms with Crippen molar-refractivity contribution in [1.82, 2.24) is 9.38 Å². The van der Waals surface area contributed by atoms with Crippen molar-refractivity contribution in [2.45, 2.75) is 32.6 Å². The van der Waals surface area contributed by atoms with Crippen LogP contribution in [0.5, 0.6) is 0 Å². The van der Waals surface area contributed by atoms with Crippen LogP contribution in [0.3, 0.4) is 0 Å². The molecular formula is C21H19FN2O3. The van der Waals surface area contributed by atoms with Crippen LogP contribution in [0.1, 0.15) is 47.2 Å². The van der Waals surface area contributed by atoms with E-state index in [2.05, 4.69) is 4.98 Å². The quantitative estimate of drug-likeness (QED) is 0.658. The number of aromatic nitrogens is 2. The van der Waals surface area contributed by atoms with Gasteiger partial charge >= 0.3 is 5.97 Å². The second-order valence-corrected chi connectivity index (χ2v) is 6.74. The Morgan fingerprint density at radius 3 is 2.67 bits per heavy atom. The fourth-order valence-electron chi connectivity index (χ4n) is 3.59. The third-order valence-electron chi connectivity index (χ3n) is 4.96. The van der Waals surface area contributed by atoms with Gasteiger partial charge in [-0.15, -0.1) is 0 Å². The molecule has 1 saturated carbocycles. The highest BCUT2D eigenvalue weighted by Crippen LogP contribution is 2.43. The van der Waals surface area contributed by atoms with Gasteiger partial charge in [-0.05, 0) is 67.5 Å². The fourth-order valence-corrected chi connectivity index (χ4v) is 3.59. The molecule has 4 rings (SSSR count). The molecule has 3 heterocycles. The van der Waals surface area contributed by atoms with E-state index in [-0.39, 0.29) is 18.1 Å². The Labute approximate surface area is 155 Å². The van der Waals surface area contributed by atoms with Crippen LogP contribution in [0, 0.1) is 12.7 Å². The van der Waals surface area contributed by atoms with E-state index in [1.54, 1.807) is 37.5 Å². The zero-order valence-electron chi connectivity index (χ0n) is 15.2. The van der Waals surface area contributed by atoms with Gasteiger partial charge in [0.05, 0.1) is 12.1 Å². The van der Waals surface area contributed by atoms with Gasteiger partial charge < -0.3 is 4.74 Å². The molecule has 0 aromatic carbocycles. The largest absolute Gasteiger partial charge is 0.462 e. The first-order valence-corrected chi connectivity index (χ1v) is 8.98. The van der Waals surface area contributed by atoms with Crippen LogP contribution in [0.15, 0.2) is 41.6 Å². The highest BCUT2D eigenvalue weighted by molar-refractivity contribution is 5.91. The average molecular weight is 366 g/mol. The number of fused-ring (bicyclic) bond motifs is 1. The molecule has 138 valence electrons. The van der Waals surface area contributed by atoms with Gasteiger partial charge in [-0.3, -0.25) is 14.2 Å². The molecule has 3 aromatic heterocycles. The van der Waals surface area contributed by atoms with Gasteiger partial charge in [0.25, 0.3) is 5.56 Å². The molecule has 0 saturated heterocycles. The zero-order chi connectivity index (χ0) is 19.1. The first-order valence-electron chi connectivity index (χ1n) is 8.98. The topological polar surface area (TPSA) is 60.7 Å². The summed E-state index contributed by atoms with van der Waals surface area (Å²) in [6.45, 7) is 3.67. The number of carbonyl (C=O) groups is 1. The lowest BCUT2D eigenvalue weighted by Crippen LogP contribution is -2.25. The Morgan fingerprint density at radius 2 is 2.04 bits per heavy atom. The average Bonchev–Trinajstić information content (AvgIpc) is 3.49. The smallest absolute Gasteiger partial charge is 0.343 e. The summed E-state index contributed by atoms with van der Waals surface area (Å²) >= 11 is 0. The van der Waals surface area contributed by atoms with Crippen molar-refractivity contribution >= 4 is 11.5 Å². The predicted molar refractivity (Wildman–Crippen MR) is 99.5 cm³/mol. The predicted octanol–water partition coefficient (Wildman–Crippen LogP) is 3.86. The lowest BCUT2D eigenvalue weighted by molar-refractivity contribution is 0.0524. The first kappa shape index (κ1) is 17.4. The monoisotopic (exact) mass is 366 g/mol. The van der Waals surface area contributed by atoms with Crippen LogP contribution >= 0.6 is 0 Å². The summed E-state index contributed by atoms with van der Waals surface area (Å²) in [5.41, 5.74) is 2.78. The molecule has 0 spiro atoms. The molecule has 3 aromatic rings. The minimum absolute atomic E-state index is 0.0493. The van der Waals surface area contributed by atoms with Crippen molar-refractivity contribution in [3.05, 3.63) is 69.7 Å². The molecular weight excluding hydrogens is 347 g/mol. The number of hydrogen-bond donors (Lipinski definition) is 0.